The monoisotopic (exact) mass is 357 g/mol. The fourth-order valence-corrected chi connectivity index (χ4v) is 3.68. The van der Waals surface area contributed by atoms with E-state index in [2.05, 4.69) is 17.4 Å². The number of amides is 1. The smallest absolute Gasteiger partial charge is 0.407 e. The molecule has 0 fully saturated rings. The second-order valence-corrected chi connectivity index (χ2v) is 6.73. The molecule has 0 heterocycles. The molecule has 1 amide bonds. The van der Waals surface area contributed by atoms with Crippen molar-refractivity contribution in [3.8, 4) is 11.1 Å². The summed E-state index contributed by atoms with van der Waals surface area (Å²) in [6.45, 7) is 0.172. The molecule has 0 spiro atoms. The topological polar surface area (TPSA) is 75.6 Å². The van der Waals surface area contributed by atoms with Crippen LogP contribution in [0, 0.1) is 0 Å². The zero-order chi connectivity index (χ0) is 17.8. The molecule has 1 aliphatic carbocycles. The number of carbonyl (C=O) groups is 2. The van der Waals surface area contributed by atoms with Gasteiger partial charge in [0, 0.05) is 11.7 Å². The van der Waals surface area contributed by atoms with Crippen molar-refractivity contribution in [1.82, 2.24) is 5.32 Å². The first kappa shape index (κ1) is 17.4. The van der Waals surface area contributed by atoms with Crippen molar-refractivity contribution < 1.29 is 19.4 Å². The maximum absolute atomic E-state index is 12.0. The number of alkyl carbamates (subject to hydrolysis) is 1. The Morgan fingerprint density at radius 3 is 2.20 bits per heavy atom. The minimum atomic E-state index is -1.07. The van der Waals surface area contributed by atoms with Gasteiger partial charge in [-0.1, -0.05) is 48.5 Å². The van der Waals surface area contributed by atoms with Gasteiger partial charge in [0.2, 0.25) is 0 Å². The van der Waals surface area contributed by atoms with E-state index >= 15 is 0 Å². The molecule has 130 valence electrons. The average molecular weight is 357 g/mol. The van der Waals surface area contributed by atoms with Crippen LogP contribution >= 0.6 is 11.8 Å². The third kappa shape index (κ3) is 3.64. The Hall–Kier alpha value is -2.47. The standard InChI is InChI=1S/C19H19NO4S/c1-25-11-17(18(21)22)20-19(23)24-10-16-14-8-4-2-6-12(14)13-7-3-5-9-15(13)16/h2-9,16-17H,10-11H2,1H3,(H,20,23)(H,21,22)/t17-/m1/s1. The Kier molecular flexibility index (Phi) is 5.28. The predicted molar refractivity (Wildman–Crippen MR) is 98.0 cm³/mol. The molecule has 0 aromatic heterocycles. The van der Waals surface area contributed by atoms with Crippen molar-refractivity contribution in [2.45, 2.75) is 12.0 Å². The molecular formula is C19H19NO4S. The molecule has 0 bridgehead atoms. The maximum Gasteiger partial charge on any atom is 0.407 e. The summed E-state index contributed by atoms with van der Waals surface area (Å²) in [5, 5.41) is 11.5. The summed E-state index contributed by atoms with van der Waals surface area (Å²) in [7, 11) is 0. The van der Waals surface area contributed by atoms with Crippen molar-refractivity contribution >= 4 is 23.8 Å². The highest BCUT2D eigenvalue weighted by Crippen LogP contribution is 2.44. The van der Waals surface area contributed by atoms with Gasteiger partial charge in [0.15, 0.2) is 0 Å². The largest absolute Gasteiger partial charge is 0.480 e. The van der Waals surface area contributed by atoms with Gasteiger partial charge in [0.05, 0.1) is 0 Å². The Bertz CT molecular complexity index is 747. The van der Waals surface area contributed by atoms with Gasteiger partial charge in [-0.15, -0.1) is 0 Å². The van der Waals surface area contributed by atoms with Gasteiger partial charge in [-0.2, -0.15) is 11.8 Å². The number of carbonyl (C=O) groups excluding carboxylic acids is 1. The highest BCUT2D eigenvalue weighted by molar-refractivity contribution is 7.98. The fourth-order valence-electron chi connectivity index (χ4n) is 3.12. The van der Waals surface area contributed by atoms with Crippen LogP contribution < -0.4 is 5.32 Å². The number of nitrogens with one attached hydrogen (secondary N) is 1. The Morgan fingerprint density at radius 2 is 1.68 bits per heavy atom. The molecule has 0 saturated carbocycles. The number of hydrogen-bond acceptors (Lipinski definition) is 4. The van der Waals surface area contributed by atoms with Gasteiger partial charge >= 0.3 is 12.1 Å². The summed E-state index contributed by atoms with van der Waals surface area (Å²) in [4.78, 5) is 23.1. The molecule has 0 unspecified atom stereocenters. The van der Waals surface area contributed by atoms with E-state index in [1.165, 1.54) is 11.8 Å². The lowest BCUT2D eigenvalue weighted by Crippen LogP contribution is -2.43. The van der Waals surface area contributed by atoms with Gasteiger partial charge in [-0.25, -0.2) is 9.59 Å². The van der Waals surface area contributed by atoms with E-state index in [4.69, 9.17) is 9.84 Å². The molecule has 5 nitrogen and oxygen atoms in total. The number of aliphatic carboxylic acids is 1. The molecule has 6 heteroatoms. The summed E-state index contributed by atoms with van der Waals surface area (Å²) in [6.07, 6.45) is 1.08. The first-order chi connectivity index (χ1) is 12.1. The first-order valence-electron chi connectivity index (χ1n) is 7.95. The Labute approximate surface area is 150 Å². The third-order valence-electron chi connectivity index (χ3n) is 4.27. The van der Waals surface area contributed by atoms with E-state index in [9.17, 15) is 9.59 Å². The van der Waals surface area contributed by atoms with Crippen LogP contribution in [0.1, 0.15) is 17.0 Å². The van der Waals surface area contributed by atoms with Crippen LogP contribution in [0.4, 0.5) is 4.79 Å². The molecular weight excluding hydrogens is 338 g/mol. The van der Waals surface area contributed by atoms with E-state index in [-0.39, 0.29) is 12.5 Å². The summed E-state index contributed by atoms with van der Waals surface area (Å²) in [6, 6.07) is 15.2. The molecule has 3 rings (SSSR count). The van der Waals surface area contributed by atoms with Crippen molar-refractivity contribution in [2.75, 3.05) is 18.6 Å². The Morgan fingerprint density at radius 1 is 1.12 bits per heavy atom. The van der Waals surface area contributed by atoms with Crippen molar-refractivity contribution in [3.05, 3.63) is 59.7 Å². The fraction of sp³-hybridized carbons (Fsp3) is 0.263. The number of carboxylic acid groups (broad SMARTS) is 1. The predicted octanol–water partition coefficient (Wildman–Crippen LogP) is 3.34. The molecule has 0 aliphatic heterocycles. The van der Waals surface area contributed by atoms with Crippen LogP contribution in [-0.2, 0) is 9.53 Å². The summed E-state index contributed by atoms with van der Waals surface area (Å²) >= 11 is 1.35. The molecule has 1 atom stereocenters. The number of ether oxygens (including phenoxy) is 1. The van der Waals surface area contributed by atoms with Crippen LogP contribution in [0.5, 0.6) is 0 Å². The molecule has 2 aromatic rings. The van der Waals surface area contributed by atoms with E-state index < -0.39 is 18.1 Å². The van der Waals surface area contributed by atoms with Crippen molar-refractivity contribution in [1.29, 1.82) is 0 Å². The van der Waals surface area contributed by atoms with Gasteiger partial charge < -0.3 is 15.2 Å². The minimum absolute atomic E-state index is 0.0398. The van der Waals surface area contributed by atoms with Crippen LogP contribution in [-0.4, -0.2) is 41.8 Å². The lowest BCUT2D eigenvalue weighted by molar-refractivity contribution is -0.138. The van der Waals surface area contributed by atoms with E-state index in [1.807, 2.05) is 36.4 Å². The molecule has 2 N–H and O–H groups in total. The average Bonchev–Trinajstić information content (AvgIpc) is 2.93. The SMILES string of the molecule is CSC[C@@H](NC(=O)OCC1c2ccccc2-c2ccccc21)C(=O)O. The number of carboxylic acids is 1. The van der Waals surface area contributed by atoms with Crippen molar-refractivity contribution in [2.24, 2.45) is 0 Å². The number of rotatable bonds is 6. The Balaban J connectivity index is 1.71. The highest BCUT2D eigenvalue weighted by Gasteiger charge is 2.29. The minimum Gasteiger partial charge on any atom is -0.480 e. The van der Waals surface area contributed by atoms with E-state index in [0.717, 1.165) is 22.3 Å². The lowest BCUT2D eigenvalue weighted by atomic mass is 9.98. The number of thioether (sulfide) groups is 1. The second kappa shape index (κ2) is 7.61. The molecule has 25 heavy (non-hydrogen) atoms. The van der Waals surface area contributed by atoms with Gasteiger partial charge in [0.25, 0.3) is 0 Å². The van der Waals surface area contributed by atoms with Gasteiger partial charge in [-0.3, -0.25) is 0 Å². The van der Waals surface area contributed by atoms with Gasteiger partial charge in [-0.05, 0) is 28.5 Å². The summed E-state index contributed by atoms with van der Waals surface area (Å²) in [5.41, 5.74) is 4.54. The molecule has 1 aliphatic rings. The molecule has 2 aromatic carbocycles. The maximum atomic E-state index is 12.0. The summed E-state index contributed by atoms with van der Waals surface area (Å²) < 4.78 is 5.34. The summed E-state index contributed by atoms with van der Waals surface area (Å²) in [5.74, 6) is -0.815. The van der Waals surface area contributed by atoms with E-state index in [1.54, 1.807) is 6.26 Å². The third-order valence-corrected chi connectivity index (χ3v) is 4.93. The lowest BCUT2D eigenvalue weighted by Gasteiger charge is -2.17. The zero-order valence-electron chi connectivity index (χ0n) is 13.8. The zero-order valence-corrected chi connectivity index (χ0v) is 14.6. The number of hydrogen-bond donors (Lipinski definition) is 2. The normalized spacial score (nSPS) is 13.6. The first-order valence-corrected chi connectivity index (χ1v) is 9.34. The number of fused-ring (bicyclic) bond motifs is 3. The molecule has 0 radical (unpaired) electrons. The number of benzene rings is 2. The molecule has 0 saturated heterocycles. The van der Waals surface area contributed by atoms with Gasteiger partial charge in [0.1, 0.15) is 12.6 Å². The van der Waals surface area contributed by atoms with Crippen LogP contribution in [0.15, 0.2) is 48.5 Å². The quantitative estimate of drug-likeness (QED) is 0.829. The second-order valence-electron chi connectivity index (χ2n) is 5.82. The highest BCUT2D eigenvalue weighted by atomic mass is 32.2. The van der Waals surface area contributed by atoms with Crippen molar-refractivity contribution in [3.63, 3.8) is 0 Å². The van der Waals surface area contributed by atoms with Crippen LogP contribution in [0.25, 0.3) is 11.1 Å². The van der Waals surface area contributed by atoms with Crippen LogP contribution in [0.3, 0.4) is 0 Å². The van der Waals surface area contributed by atoms with Crippen LogP contribution in [0.2, 0.25) is 0 Å². The van der Waals surface area contributed by atoms with E-state index in [0.29, 0.717) is 5.75 Å².